The molecule has 0 aromatic rings. The van der Waals surface area contributed by atoms with Gasteiger partial charge in [0.05, 0.1) is 6.54 Å². The first-order valence-corrected chi connectivity index (χ1v) is 3.82. The fourth-order valence-electron chi connectivity index (χ4n) is 1.17. The molecule has 1 heterocycles. The van der Waals surface area contributed by atoms with Gasteiger partial charge in [-0.05, 0) is 25.9 Å². The summed E-state index contributed by atoms with van der Waals surface area (Å²) >= 11 is 0. The summed E-state index contributed by atoms with van der Waals surface area (Å²) in [7, 11) is 0. The maximum atomic E-state index is 5.26. The Balaban J connectivity index is 2.25. The summed E-state index contributed by atoms with van der Waals surface area (Å²) in [4.78, 5) is 0. The second-order valence-corrected chi connectivity index (χ2v) is 2.55. The molecule has 56 valence electrons. The second kappa shape index (κ2) is 4.32. The molecule has 0 unspecified atom stereocenters. The molecule has 0 saturated carbocycles. The molecule has 1 fully saturated rings. The smallest absolute Gasteiger partial charge is 0.0551 e. The molecule has 0 amide bonds. The summed E-state index contributed by atoms with van der Waals surface area (Å²) in [6.45, 7) is 2.73. The molecule has 0 aliphatic carbocycles. The minimum atomic E-state index is 0.504. The van der Waals surface area contributed by atoms with Crippen LogP contribution in [0.3, 0.4) is 0 Å². The fraction of sp³-hybridized carbons (Fsp3) is 0.750. The summed E-state index contributed by atoms with van der Waals surface area (Å²) in [5.41, 5.74) is 5.26. The molecule has 1 aliphatic heterocycles. The van der Waals surface area contributed by atoms with E-state index in [1.54, 1.807) is 0 Å². The fourth-order valence-corrected chi connectivity index (χ4v) is 1.17. The molecule has 0 radical (unpaired) electrons. The van der Waals surface area contributed by atoms with Gasteiger partial charge in [0.2, 0.25) is 0 Å². The predicted octanol–water partition coefficient (Wildman–Crippen LogP) is -0.0519. The van der Waals surface area contributed by atoms with Crippen LogP contribution >= 0.6 is 0 Å². The highest BCUT2D eigenvalue weighted by atomic mass is 14.9. The van der Waals surface area contributed by atoms with Gasteiger partial charge in [-0.3, -0.25) is 0 Å². The van der Waals surface area contributed by atoms with Crippen LogP contribution < -0.4 is 11.1 Å². The first-order valence-electron chi connectivity index (χ1n) is 3.82. The molecular weight excluding hydrogens is 124 g/mol. The summed E-state index contributed by atoms with van der Waals surface area (Å²) in [5, 5.41) is 3.29. The Morgan fingerprint density at radius 3 is 2.70 bits per heavy atom. The van der Waals surface area contributed by atoms with Gasteiger partial charge >= 0.3 is 0 Å². The monoisotopic (exact) mass is 138 g/mol. The van der Waals surface area contributed by atoms with E-state index < -0.39 is 0 Å². The van der Waals surface area contributed by atoms with Crippen LogP contribution in [0.4, 0.5) is 0 Å². The minimum Gasteiger partial charge on any atom is -0.320 e. The molecule has 2 nitrogen and oxygen atoms in total. The lowest BCUT2D eigenvalue weighted by Gasteiger charge is -2.17. The Morgan fingerprint density at radius 1 is 1.40 bits per heavy atom. The maximum Gasteiger partial charge on any atom is 0.0551 e. The number of hydrogen-bond acceptors (Lipinski definition) is 2. The molecule has 0 spiro atoms. The highest BCUT2D eigenvalue weighted by Crippen LogP contribution is 2.08. The van der Waals surface area contributed by atoms with E-state index >= 15 is 0 Å². The van der Waals surface area contributed by atoms with Gasteiger partial charge in [0.25, 0.3) is 0 Å². The number of piperidine rings is 1. The Labute approximate surface area is 62.2 Å². The van der Waals surface area contributed by atoms with Crippen LogP contribution in [0, 0.1) is 17.8 Å². The van der Waals surface area contributed by atoms with Crippen molar-refractivity contribution < 1.29 is 0 Å². The first-order chi connectivity index (χ1) is 4.93. The standard InChI is InChI=1S/C8H14N2/c9-5-1-2-8-3-6-10-7-4-8/h8,10H,3-7,9H2. The largest absolute Gasteiger partial charge is 0.320 e. The van der Waals surface area contributed by atoms with Crippen LogP contribution in [0.1, 0.15) is 12.8 Å². The molecule has 2 heteroatoms. The first kappa shape index (κ1) is 7.59. The van der Waals surface area contributed by atoms with E-state index in [2.05, 4.69) is 17.2 Å². The molecule has 0 atom stereocenters. The summed E-state index contributed by atoms with van der Waals surface area (Å²) < 4.78 is 0. The van der Waals surface area contributed by atoms with Gasteiger partial charge in [0.15, 0.2) is 0 Å². The average Bonchev–Trinajstić information content (AvgIpc) is 2.03. The van der Waals surface area contributed by atoms with E-state index in [9.17, 15) is 0 Å². The van der Waals surface area contributed by atoms with E-state index in [0.29, 0.717) is 12.5 Å². The van der Waals surface area contributed by atoms with Crippen LogP contribution in [-0.2, 0) is 0 Å². The lowest BCUT2D eigenvalue weighted by Crippen LogP contribution is -2.27. The van der Waals surface area contributed by atoms with Crippen molar-refractivity contribution in [3.63, 3.8) is 0 Å². The molecule has 0 aromatic carbocycles. The van der Waals surface area contributed by atoms with Gasteiger partial charge in [0.1, 0.15) is 0 Å². The van der Waals surface area contributed by atoms with Crippen LogP contribution in [0.5, 0.6) is 0 Å². The van der Waals surface area contributed by atoms with Gasteiger partial charge in [0, 0.05) is 5.92 Å². The Morgan fingerprint density at radius 2 is 2.10 bits per heavy atom. The van der Waals surface area contributed by atoms with E-state index in [1.807, 2.05) is 0 Å². The summed E-state index contributed by atoms with van der Waals surface area (Å²) in [6, 6.07) is 0. The molecular formula is C8H14N2. The van der Waals surface area contributed by atoms with Crippen molar-refractivity contribution in [1.82, 2.24) is 5.32 Å². The van der Waals surface area contributed by atoms with E-state index in [-0.39, 0.29) is 0 Å². The van der Waals surface area contributed by atoms with E-state index in [0.717, 1.165) is 13.1 Å². The molecule has 10 heavy (non-hydrogen) atoms. The zero-order valence-electron chi connectivity index (χ0n) is 6.19. The molecule has 1 rings (SSSR count). The van der Waals surface area contributed by atoms with Gasteiger partial charge in [-0.1, -0.05) is 11.8 Å². The van der Waals surface area contributed by atoms with Crippen molar-refractivity contribution in [1.29, 1.82) is 0 Å². The van der Waals surface area contributed by atoms with Crippen molar-refractivity contribution in [3.8, 4) is 11.8 Å². The van der Waals surface area contributed by atoms with Gasteiger partial charge < -0.3 is 11.1 Å². The highest BCUT2D eigenvalue weighted by Gasteiger charge is 2.08. The molecule has 0 bridgehead atoms. The van der Waals surface area contributed by atoms with E-state index in [4.69, 9.17) is 5.73 Å². The Bertz CT molecular complexity index is 137. The van der Waals surface area contributed by atoms with Crippen LogP contribution in [0.25, 0.3) is 0 Å². The molecule has 3 N–H and O–H groups in total. The van der Waals surface area contributed by atoms with Crippen molar-refractivity contribution in [2.24, 2.45) is 11.7 Å². The lowest BCUT2D eigenvalue weighted by molar-refractivity contribution is 0.447. The third kappa shape index (κ3) is 2.38. The Hall–Kier alpha value is -0.520. The second-order valence-electron chi connectivity index (χ2n) is 2.55. The SMILES string of the molecule is NCC#CC1CCNCC1. The average molecular weight is 138 g/mol. The molecule has 1 aliphatic rings. The van der Waals surface area contributed by atoms with E-state index in [1.165, 1.54) is 12.8 Å². The van der Waals surface area contributed by atoms with Crippen molar-refractivity contribution in [2.45, 2.75) is 12.8 Å². The quantitative estimate of drug-likeness (QED) is 0.460. The van der Waals surface area contributed by atoms with Crippen LogP contribution in [-0.4, -0.2) is 19.6 Å². The topological polar surface area (TPSA) is 38.0 Å². The third-order valence-electron chi connectivity index (χ3n) is 1.75. The van der Waals surface area contributed by atoms with Crippen LogP contribution in [0.15, 0.2) is 0 Å². The summed E-state index contributed by atoms with van der Waals surface area (Å²) in [6.07, 6.45) is 2.38. The number of nitrogens with one attached hydrogen (secondary N) is 1. The zero-order chi connectivity index (χ0) is 7.23. The van der Waals surface area contributed by atoms with Gasteiger partial charge in [-0.15, -0.1) is 0 Å². The molecule has 1 saturated heterocycles. The van der Waals surface area contributed by atoms with Crippen molar-refractivity contribution in [3.05, 3.63) is 0 Å². The molecule has 0 aromatic heterocycles. The third-order valence-corrected chi connectivity index (χ3v) is 1.75. The minimum absolute atomic E-state index is 0.504. The summed E-state index contributed by atoms with van der Waals surface area (Å²) in [5.74, 6) is 6.68. The van der Waals surface area contributed by atoms with Gasteiger partial charge in [-0.2, -0.15) is 0 Å². The van der Waals surface area contributed by atoms with Gasteiger partial charge in [-0.25, -0.2) is 0 Å². The number of rotatable bonds is 0. The normalized spacial score (nSPS) is 19.7. The van der Waals surface area contributed by atoms with Crippen LogP contribution in [0.2, 0.25) is 0 Å². The number of nitrogens with two attached hydrogens (primary N) is 1. The predicted molar refractivity (Wildman–Crippen MR) is 42.4 cm³/mol. The zero-order valence-corrected chi connectivity index (χ0v) is 6.19. The number of hydrogen-bond donors (Lipinski definition) is 2. The maximum absolute atomic E-state index is 5.26. The lowest BCUT2D eigenvalue weighted by atomic mass is 9.99. The highest BCUT2D eigenvalue weighted by molar-refractivity contribution is 5.05. The van der Waals surface area contributed by atoms with Crippen molar-refractivity contribution in [2.75, 3.05) is 19.6 Å². The Kier molecular flexibility index (Phi) is 3.28. The van der Waals surface area contributed by atoms with Crippen molar-refractivity contribution >= 4 is 0 Å².